The molecule has 0 amide bonds. The molecular weight excluding hydrogens is 99.2 g/mol. The quantitative estimate of drug-likeness (QED) is 0.353. The average Bonchev–Trinajstić information content (AvgIpc) is 1.76. The van der Waals surface area contributed by atoms with Crippen molar-refractivity contribution < 1.29 is 52.8 Å². The number of rotatable bonds is 0. The van der Waals surface area contributed by atoms with Gasteiger partial charge in [0.1, 0.15) is 0 Å². The summed E-state index contributed by atoms with van der Waals surface area (Å²) >= 11 is 0. The Morgan fingerprint density at radius 2 is 0.833 bits per heavy atom. The van der Waals surface area contributed by atoms with Crippen molar-refractivity contribution in [3.8, 4) is 0 Å². The van der Waals surface area contributed by atoms with Crippen molar-refractivity contribution in [2.24, 2.45) is 0 Å². The zero-order valence-electron chi connectivity index (χ0n) is 5.54. The van der Waals surface area contributed by atoms with Crippen LogP contribution in [0.4, 0.5) is 0 Å². The predicted molar refractivity (Wildman–Crippen MR) is 24.2 cm³/mol. The first-order chi connectivity index (χ1) is 2.50. The maximum atomic E-state index is 1.50. The average molecular weight is 110 g/mol. The molecule has 0 N–H and O–H groups in total. The molecule has 1 aliphatic rings. The molecular formula is C5H11K. The summed E-state index contributed by atoms with van der Waals surface area (Å²) in [5.74, 6) is 0. The van der Waals surface area contributed by atoms with Gasteiger partial charge < -0.3 is 1.43 Å². The van der Waals surface area contributed by atoms with Crippen LogP contribution in [0.3, 0.4) is 0 Å². The van der Waals surface area contributed by atoms with Crippen LogP contribution in [0.1, 0.15) is 33.5 Å². The first-order valence-corrected chi connectivity index (χ1v) is 2.50. The molecule has 1 rings (SSSR count). The Balaban J connectivity index is 0. The molecule has 0 aromatic carbocycles. The normalized spacial score (nSPS) is 20.0. The van der Waals surface area contributed by atoms with E-state index in [9.17, 15) is 0 Å². The van der Waals surface area contributed by atoms with Crippen molar-refractivity contribution in [1.29, 1.82) is 0 Å². The molecule has 0 unspecified atom stereocenters. The largest absolute Gasteiger partial charge is 1.00 e. The second-order valence-electron chi connectivity index (χ2n) is 1.77. The van der Waals surface area contributed by atoms with E-state index in [1.54, 1.807) is 0 Å². The molecule has 1 heteroatoms. The molecule has 1 aliphatic carbocycles. The van der Waals surface area contributed by atoms with Crippen molar-refractivity contribution in [1.82, 2.24) is 0 Å². The van der Waals surface area contributed by atoms with Gasteiger partial charge in [-0.3, -0.25) is 0 Å². The van der Waals surface area contributed by atoms with E-state index < -0.39 is 0 Å². The van der Waals surface area contributed by atoms with Gasteiger partial charge in [-0.15, -0.1) is 0 Å². The van der Waals surface area contributed by atoms with Crippen LogP contribution in [0.5, 0.6) is 0 Å². The van der Waals surface area contributed by atoms with Crippen LogP contribution in [-0.2, 0) is 0 Å². The van der Waals surface area contributed by atoms with Gasteiger partial charge in [0.25, 0.3) is 0 Å². The first-order valence-electron chi connectivity index (χ1n) is 2.50. The van der Waals surface area contributed by atoms with Gasteiger partial charge in [-0.05, 0) is 0 Å². The Labute approximate surface area is 83.6 Å². The standard InChI is InChI=1S/C5H10.K.H/c1-2-4-5-3-1;;/h1-5H2;;/q;+1;-1. The molecule has 0 radical (unpaired) electrons. The van der Waals surface area contributed by atoms with E-state index in [4.69, 9.17) is 0 Å². The van der Waals surface area contributed by atoms with Crippen LogP contribution in [-0.4, -0.2) is 0 Å². The molecule has 6 heavy (non-hydrogen) atoms. The smallest absolute Gasteiger partial charge is 1.00 e. The summed E-state index contributed by atoms with van der Waals surface area (Å²) < 4.78 is 0. The fourth-order valence-electron chi connectivity index (χ4n) is 0.884. The summed E-state index contributed by atoms with van der Waals surface area (Å²) in [5, 5.41) is 0. The van der Waals surface area contributed by atoms with Crippen LogP contribution in [0.2, 0.25) is 0 Å². The molecule has 0 aliphatic heterocycles. The van der Waals surface area contributed by atoms with Crippen LogP contribution >= 0.6 is 0 Å². The summed E-state index contributed by atoms with van der Waals surface area (Å²) in [7, 11) is 0. The zero-order chi connectivity index (χ0) is 3.54. The van der Waals surface area contributed by atoms with Crippen molar-refractivity contribution >= 4 is 0 Å². The third kappa shape index (κ3) is 2.75. The minimum absolute atomic E-state index is 0. The molecule has 0 nitrogen and oxygen atoms in total. The van der Waals surface area contributed by atoms with Crippen LogP contribution < -0.4 is 51.4 Å². The molecule has 0 bridgehead atoms. The summed E-state index contributed by atoms with van der Waals surface area (Å²) in [6.07, 6.45) is 7.50. The van der Waals surface area contributed by atoms with Crippen molar-refractivity contribution in [2.45, 2.75) is 32.1 Å². The second-order valence-corrected chi connectivity index (χ2v) is 1.77. The van der Waals surface area contributed by atoms with Gasteiger partial charge in [0.05, 0.1) is 0 Å². The van der Waals surface area contributed by atoms with Gasteiger partial charge in [0.2, 0.25) is 0 Å². The monoisotopic (exact) mass is 110 g/mol. The van der Waals surface area contributed by atoms with Crippen molar-refractivity contribution in [3.63, 3.8) is 0 Å². The molecule has 0 saturated heterocycles. The Bertz CT molecular complexity index is 19.7. The topological polar surface area (TPSA) is 0 Å². The van der Waals surface area contributed by atoms with E-state index in [-0.39, 0.29) is 52.8 Å². The summed E-state index contributed by atoms with van der Waals surface area (Å²) in [6.45, 7) is 0. The third-order valence-electron chi connectivity index (χ3n) is 1.25. The van der Waals surface area contributed by atoms with Gasteiger partial charge in [0.15, 0.2) is 0 Å². The third-order valence-corrected chi connectivity index (χ3v) is 1.25. The van der Waals surface area contributed by atoms with Gasteiger partial charge in [0, 0.05) is 0 Å². The molecule has 32 valence electrons. The Hall–Kier alpha value is 1.64. The van der Waals surface area contributed by atoms with Crippen molar-refractivity contribution in [2.75, 3.05) is 0 Å². The zero-order valence-corrected chi connectivity index (χ0v) is 7.66. The van der Waals surface area contributed by atoms with E-state index in [2.05, 4.69) is 0 Å². The van der Waals surface area contributed by atoms with Crippen LogP contribution in [0, 0.1) is 0 Å². The molecule has 1 saturated carbocycles. The predicted octanol–water partition coefficient (Wildman–Crippen LogP) is -0.933. The molecule has 0 aromatic heterocycles. The Morgan fingerprint density at radius 1 is 0.667 bits per heavy atom. The van der Waals surface area contributed by atoms with Gasteiger partial charge in [-0.2, -0.15) is 0 Å². The van der Waals surface area contributed by atoms with E-state index in [0.29, 0.717) is 0 Å². The van der Waals surface area contributed by atoms with Crippen LogP contribution in [0.25, 0.3) is 0 Å². The van der Waals surface area contributed by atoms with Gasteiger partial charge in [-0.25, -0.2) is 0 Å². The van der Waals surface area contributed by atoms with E-state index >= 15 is 0 Å². The maximum absolute atomic E-state index is 1.50. The SMILES string of the molecule is C1CCCC1.[H-].[K+]. The minimum Gasteiger partial charge on any atom is -1.00 e. The van der Waals surface area contributed by atoms with Gasteiger partial charge in [-0.1, -0.05) is 32.1 Å². The molecule has 0 aromatic rings. The van der Waals surface area contributed by atoms with E-state index in [0.717, 1.165) is 0 Å². The second kappa shape index (κ2) is 4.79. The van der Waals surface area contributed by atoms with Gasteiger partial charge >= 0.3 is 51.4 Å². The number of hydrogen-bond acceptors (Lipinski definition) is 0. The van der Waals surface area contributed by atoms with Crippen molar-refractivity contribution in [3.05, 3.63) is 0 Å². The summed E-state index contributed by atoms with van der Waals surface area (Å²) in [5.41, 5.74) is 0. The van der Waals surface area contributed by atoms with E-state index in [1.165, 1.54) is 32.1 Å². The minimum atomic E-state index is 0. The fourth-order valence-corrected chi connectivity index (χ4v) is 0.884. The Morgan fingerprint density at radius 3 is 1.00 bits per heavy atom. The fraction of sp³-hybridized carbons (Fsp3) is 1.00. The number of hydrogen-bond donors (Lipinski definition) is 0. The maximum Gasteiger partial charge on any atom is 1.00 e. The molecule has 0 atom stereocenters. The molecule has 0 spiro atoms. The molecule has 1 fully saturated rings. The molecule has 0 heterocycles. The summed E-state index contributed by atoms with van der Waals surface area (Å²) in [6, 6.07) is 0. The first kappa shape index (κ1) is 7.64. The Kier molecular flexibility index (Phi) is 6.09. The van der Waals surface area contributed by atoms with Crippen LogP contribution in [0.15, 0.2) is 0 Å². The summed E-state index contributed by atoms with van der Waals surface area (Å²) in [4.78, 5) is 0. The van der Waals surface area contributed by atoms with E-state index in [1.807, 2.05) is 0 Å².